The molecular formula is C16H16O2. The lowest BCUT2D eigenvalue weighted by atomic mass is 10.1. The minimum Gasteiger partial charge on any atom is -0.492 e. The van der Waals surface area contributed by atoms with E-state index < -0.39 is 0 Å². The van der Waals surface area contributed by atoms with Crippen LogP contribution in [0.3, 0.4) is 0 Å². The fourth-order valence-electron chi connectivity index (χ4n) is 1.88. The molecular weight excluding hydrogens is 224 g/mol. The second-order valence-corrected chi connectivity index (χ2v) is 4.20. The van der Waals surface area contributed by atoms with E-state index in [1.54, 1.807) is 6.07 Å². The number of aldehydes is 1. The molecule has 0 fully saturated rings. The molecule has 0 saturated heterocycles. The third-order valence-corrected chi connectivity index (χ3v) is 2.85. The summed E-state index contributed by atoms with van der Waals surface area (Å²) < 4.78 is 5.73. The summed E-state index contributed by atoms with van der Waals surface area (Å²) in [6.07, 6.45) is 1.68. The number of hydrogen-bond donors (Lipinski definition) is 0. The van der Waals surface area contributed by atoms with Crippen molar-refractivity contribution in [1.29, 1.82) is 0 Å². The Kier molecular flexibility index (Phi) is 4.13. The minimum atomic E-state index is 0.579. The molecule has 0 aliphatic carbocycles. The molecule has 0 aliphatic heterocycles. The maximum atomic E-state index is 10.9. The van der Waals surface area contributed by atoms with E-state index in [0.29, 0.717) is 17.9 Å². The fraction of sp³-hybridized carbons (Fsp3) is 0.188. The van der Waals surface area contributed by atoms with Crippen LogP contribution in [0.5, 0.6) is 5.75 Å². The molecule has 0 unspecified atom stereocenters. The summed E-state index contributed by atoms with van der Waals surface area (Å²) in [4.78, 5) is 10.9. The van der Waals surface area contributed by atoms with Crippen LogP contribution in [0.15, 0.2) is 48.5 Å². The van der Waals surface area contributed by atoms with Crippen molar-refractivity contribution in [3.63, 3.8) is 0 Å². The number of aryl methyl sites for hydroxylation is 1. The lowest BCUT2D eigenvalue weighted by molar-refractivity contribution is 0.111. The van der Waals surface area contributed by atoms with E-state index in [0.717, 1.165) is 18.3 Å². The Bertz CT molecular complexity index is 518. The molecule has 2 nitrogen and oxygen atoms in total. The molecule has 2 aromatic carbocycles. The van der Waals surface area contributed by atoms with E-state index in [4.69, 9.17) is 4.74 Å². The Hall–Kier alpha value is -2.09. The van der Waals surface area contributed by atoms with Crippen LogP contribution >= 0.6 is 0 Å². The highest BCUT2D eigenvalue weighted by molar-refractivity contribution is 5.80. The maximum absolute atomic E-state index is 10.9. The standard InChI is InChI=1S/C16H16O2/c1-13-6-5-9-15(12-17)16(13)18-11-10-14-7-3-2-4-8-14/h2-9,12H,10-11H2,1H3. The van der Waals surface area contributed by atoms with Crippen molar-refractivity contribution < 1.29 is 9.53 Å². The van der Waals surface area contributed by atoms with Gasteiger partial charge in [-0.3, -0.25) is 4.79 Å². The van der Waals surface area contributed by atoms with Crippen molar-refractivity contribution >= 4 is 6.29 Å². The van der Waals surface area contributed by atoms with Crippen LogP contribution < -0.4 is 4.74 Å². The van der Waals surface area contributed by atoms with Crippen molar-refractivity contribution in [3.8, 4) is 5.75 Å². The summed E-state index contributed by atoms with van der Waals surface area (Å²) in [6, 6.07) is 15.8. The first-order valence-corrected chi connectivity index (χ1v) is 6.03. The zero-order chi connectivity index (χ0) is 12.8. The second-order valence-electron chi connectivity index (χ2n) is 4.20. The average molecular weight is 240 g/mol. The van der Waals surface area contributed by atoms with Gasteiger partial charge in [0, 0.05) is 6.42 Å². The minimum absolute atomic E-state index is 0.579. The zero-order valence-corrected chi connectivity index (χ0v) is 10.4. The van der Waals surface area contributed by atoms with Crippen LogP contribution in [0.4, 0.5) is 0 Å². The van der Waals surface area contributed by atoms with Crippen molar-refractivity contribution in [2.45, 2.75) is 13.3 Å². The van der Waals surface area contributed by atoms with E-state index in [1.165, 1.54) is 5.56 Å². The number of carbonyl (C=O) groups excluding carboxylic acids is 1. The van der Waals surface area contributed by atoms with Gasteiger partial charge in [-0.1, -0.05) is 42.5 Å². The topological polar surface area (TPSA) is 26.3 Å². The molecule has 0 N–H and O–H groups in total. The molecule has 0 radical (unpaired) electrons. The Labute approximate surface area is 107 Å². The maximum Gasteiger partial charge on any atom is 0.153 e. The summed E-state index contributed by atoms with van der Waals surface area (Å²) in [5.41, 5.74) is 2.84. The first kappa shape index (κ1) is 12.4. The number of ether oxygens (including phenoxy) is 1. The van der Waals surface area contributed by atoms with Gasteiger partial charge in [0.25, 0.3) is 0 Å². The van der Waals surface area contributed by atoms with Crippen LogP contribution in [0.2, 0.25) is 0 Å². The average Bonchev–Trinajstić information content (AvgIpc) is 2.41. The number of hydrogen-bond acceptors (Lipinski definition) is 2. The molecule has 18 heavy (non-hydrogen) atoms. The van der Waals surface area contributed by atoms with Crippen molar-refractivity contribution in [3.05, 3.63) is 65.2 Å². The van der Waals surface area contributed by atoms with Gasteiger partial charge in [-0.2, -0.15) is 0 Å². The highest BCUT2D eigenvalue weighted by atomic mass is 16.5. The molecule has 0 amide bonds. The van der Waals surface area contributed by atoms with Gasteiger partial charge in [0.15, 0.2) is 6.29 Å². The Morgan fingerprint density at radius 1 is 1.06 bits per heavy atom. The van der Waals surface area contributed by atoms with Crippen molar-refractivity contribution in [2.75, 3.05) is 6.61 Å². The highest BCUT2D eigenvalue weighted by Crippen LogP contribution is 2.21. The third-order valence-electron chi connectivity index (χ3n) is 2.85. The Balaban J connectivity index is 2.00. The summed E-state index contributed by atoms with van der Waals surface area (Å²) in [7, 11) is 0. The molecule has 2 heteroatoms. The van der Waals surface area contributed by atoms with Crippen molar-refractivity contribution in [1.82, 2.24) is 0 Å². The van der Waals surface area contributed by atoms with E-state index >= 15 is 0 Å². The van der Waals surface area contributed by atoms with E-state index in [1.807, 2.05) is 37.3 Å². The predicted molar refractivity (Wildman–Crippen MR) is 72.2 cm³/mol. The molecule has 2 aromatic rings. The van der Waals surface area contributed by atoms with Crippen LogP contribution in [0.25, 0.3) is 0 Å². The van der Waals surface area contributed by atoms with Crippen LogP contribution in [0, 0.1) is 6.92 Å². The first-order valence-electron chi connectivity index (χ1n) is 6.03. The number of para-hydroxylation sites is 1. The molecule has 0 saturated carbocycles. The smallest absolute Gasteiger partial charge is 0.153 e. The third kappa shape index (κ3) is 2.98. The quantitative estimate of drug-likeness (QED) is 0.748. The van der Waals surface area contributed by atoms with Crippen LogP contribution in [-0.4, -0.2) is 12.9 Å². The van der Waals surface area contributed by atoms with Crippen molar-refractivity contribution in [2.24, 2.45) is 0 Å². The first-order chi connectivity index (χ1) is 8.81. The lowest BCUT2D eigenvalue weighted by Gasteiger charge is -2.11. The summed E-state index contributed by atoms with van der Waals surface area (Å²) in [5.74, 6) is 0.698. The van der Waals surface area contributed by atoms with Gasteiger partial charge < -0.3 is 4.74 Å². The number of carbonyl (C=O) groups is 1. The molecule has 0 spiro atoms. The van der Waals surface area contributed by atoms with Gasteiger partial charge in [-0.05, 0) is 24.1 Å². The Morgan fingerprint density at radius 3 is 2.56 bits per heavy atom. The molecule has 0 aromatic heterocycles. The summed E-state index contributed by atoms with van der Waals surface area (Å²) >= 11 is 0. The molecule has 0 atom stereocenters. The van der Waals surface area contributed by atoms with E-state index in [2.05, 4.69) is 12.1 Å². The Morgan fingerprint density at radius 2 is 1.83 bits per heavy atom. The molecule has 2 rings (SSSR count). The lowest BCUT2D eigenvalue weighted by Crippen LogP contribution is -2.04. The fourth-order valence-corrected chi connectivity index (χ4v) is 1.88. The summed E-state index contributed by atoms with van der Waals surface area (Å²) in [5, 5.41) is 0. The predicted octanol–water partition coefficient (Wildman–Crippen LogP) is 3.43. The van der Waals surface area contributed by atoms with Gasteiger partial charge in [0.1, 0.15) is 5.75 Å². The second kappa shape index (κ2) is 6.01. The normalized spacial score (nSPS) is 10.1. The number of benzene rings is 2. The van der Waals surface area contributed by atoms with Crippen LogP contribution in [0.1, 0.15) is 21.5 Å². The van der Waals surface area contributed by atoms with Gasteiger partial charge in [0.05, 0.1) is 12.2 Å². The summed E-state index contributed by atoms with van der Waals surface area (Å²) in [6.45, 7) is 2.53. The molecule has 92 valence electrons. The SMILES string of the molecule is Cc1cccc(C=O)c1OCCc1ccccc1. The van der Waals surface area contributed by atoms with Gasteiger partial charge in [0.2, 0.25) is 0 Å². The van der Waals surface area contributed by atoms with Gasteiger partial charge in [-0.25, -0.2) is 0 Å². The van der Waals surface area contributed by atoms with E-state index in [-0.39, 0.29) is 0 Å². The molecule has 0 aliphatic rings. The molecule has 0 bridgehead atoms. The van der Waals surface area contributed by atoms with Gasteiger partial charge in [-0.15, -0.1) is 0 Å². The van der Waals surface area contributed by atoms with E-state index in [9.17, 15) is 4.79 Å². The number of rotatable bonds is 5. The molecule has 0 heterocycles. The zero-order valence-electron chi connectivity index (χ0n) is 10.4. The monoisotopic (exact) mass is 240 g/mol. The van der Waals surface area contributed by atoms with Gasteiger partial charge >= 0.3 is 0 Å². The van der Waals surface area contributed by atoms with Crippen LogP contribution in [-0.2, 0) is 6.42 Å². The highest BCUT2D eigenvalue weighted by Gasteiger charge is 2.05. The largest absolute Gasteiger partial charge is 0.492 e.